The normalized spacial score (nSPS) is 18.9. The Balaban J connectivity index is 0.900. The number of anilines is 1. The molecule has 2 aromatic heterocycles. The van der Waals surface area contributed by atoms with Crippen LogP contribution >= 0.6 is 0 Å². The number of piperazine rings is 1. The molecule has 5 heterocycles. The predicted molar refractivity (Wildman–Crippen MR) is 197 cm³/mol. The van der Waals surface area contributed by atoms with E-state index in [9.17, 15) is 19.2 Å². The first-order chi connectivity index (χ1) is 25.2. The number of hydrogen-bond acceptors (Lipinski definition) is 9. The Morgan fingerprint density at radius 2 is 1.62 bits per heavy atom. The molecule has 0 saturated carbocycles. The van der Waals surface area contributed by atoms with E-state index in [1.165, 1.54) is 0 Å². The summed E-state index contributed by atoms with van der Waals surface area (Å²) in [6, 6.07) is 12.4. The van der Waals surface area contributed by atoms with E-state index in [-0.39, 0.29) is 29.2 Å². The maximum atomic E-state index is 13.4. The number of pyridine rings is 1. The molecule has 4 aromatic rings. The van der Waals surface area contributed by atoms with Gasteiger partial charge in [-0.2, -0.15) is 5.10 Å². The average Bonchev–Trinajstić information content (AvgIpc) is 3.66. The van der Waals surface area contributed by atoms with Crippen molar-refractivity contribution in [2.45, 2.75) is 45.1 Å². The first kappa shape index (κ1) is 35.2. The van der Waals surface area contributed by atoms with E-state index in [1.54, 1.807) is 38.2 Å². The molecule has 3 fully saturated rings. The lowest BCUT2D eigenvalue weighted by Gasteiger charge is -2.37. The lowest BCUT2D eigenvalue weighted by Crippen LogP contribution is -2.49. The Labute approximate surface area is 302 Å². The van der Waals surface area contributed by atoms with Gasteiger partial charge in [0.25, 0.3) is 5.56 Å². The second-order valence-corrected chi connectivity index (χ2v) is 14.3. The maximum absolute atomic E-state index is 13.4. The zero-order chi connectivity index (χ0) is 36.4. The first-order valence-electron chi connectivity index (χ1n) is 18.2. The minimum atomic E-state index is -0.181. The number of ether oxygens (including phenoxy) is 2. The number of nitrogens with one attached hydrogen (secondary N) is 2. The van der Waals surface area contributed by atoms with E-state index >= 15 is 0 Å². The number of aromatic amines is 1. The summed E-state index contributed by atoms with van der Waals surface area (Å²) in [6.45, 7) is 5.33. The fourth-order valence-electron chi connectivity index (χ4n) is 7.89. The van der Waals surface area contributed by atoms with Crippen molar-refractivity contribution in [1.29, 1.82) is 0 Å². The third-order valence-electron chi connectivity index (χ3n) is 11.0. The summed E-state index contributed by atoms with van der Waals surface area (Å²) < 4.78 is 13.3. The van der Waals surface area contributed by atoms with E-state index < -0.39 is 0 Å². The van der Waals surface area contributed by atoms with Crippen molar-refractivity contribution in [2.24, 2.45) is 18.9 Å². The Kier molecular flexibility index (Phi) is 10.3. The van der Waals surface area contributed by atoms with Crippen LogP contribution in [0.1, 0.15) is 43.2 Å². The van der Waals surface area contributed by atoms with E-state index in [1.807, 2.05) is 17.0 Å². The SMILES string of the molecule is COc1cc(-c2cn(C)c(=O)c3[nH]ncc23)cc(OC)c1CN1CCN(C(=O)CC2CCN(c3ccc(CC4CCC(=O)NC4=O)cc3)CC2)CC1. The number of rotatable bonds is 10. The topological polar surface area (TPSA) is 142 Å². The number of methoxy groups -OCH3 is 2. The van der Waals surface area contributed by atoms with Gasteiger partial charge in [-0.3, -0.25) is 34.5 Å². The fraction of sp³-hybridized carbons (Fsp3) is 0.462. The molecular formula is C39H47N7O6. The number of carbonyl (C=O) groups excluding carboxylic acids is 3. The molecular weight excluding hydrogens is 662 g/mol. The number of imide groups is 1. The molecule has 2 aromatic carbocycles. The van der Waals surface area contributed by atoms with Crippen molar-refractivity contribution < 1.29 is 23.9 Å². The number of hydrogen-bond donors (Lipinski definition) is 2. The smallest absolute Gasteiger partial charge is 0.276 e. The predicted octanol–water partition coefficient (Wildman–Crippen LogP) is 3.49. The first-order valence-corrected chi connectivity index (χ1v) is 18.2. The van der Waals surface area contributed by atoms with Gasteiger partial charge in [0.05, 0.1) is 26.0 Å². The van der Waals surface area contributed by atoms with Gasteiger partial charge in [0.15, 0.2) is 0 Å². The third-order valence-corrected chi connectivity index (χ3v) is 11.0. The maximum Gasteiger partial charge on any atom is 0.276 e. The molecule has 1 atom stereocenters. The summed E-state index contributed by atoms with van der Waals surface area (Å²) in [4.78, 5) is 56.3. The zero-order valence-electron chi connectivity index (χ0n) is 30.2. The molecule has 0 aliphatic carbocycles. The number of aryl methyl sites for hydroxylation is 1. The Bertz CT molecular complexity index is 1980. The molecule has 0 radical (unpaired) electrons. The summed E-state index contributed by atoms with van der Waals surface area (Å²) in [6.07, 6.45) is 7.65. The molecule has 13 nitrogen and oxygen atoms in total. The summed E-state index contributed by atoms with van der Waals surface area (Å²) in [7, 11) is 5.03. The number of amides is 3. The quantitative estimate of drug-likeness (QED) is 0.237. The van der Waals surface area contributed by atoms with Crippen LogP contribution in [0.3, 0.4) is 0 Å². The van der Waals surface area contributed by atoms with Crippen LogP contribution in [0.4, 0.5) is 5.69 Å². The minimum absolute atomic E-state index is 0.140. The standard InChI is InChI=1S/C39H47N7O6/c1-43-23-31(30-22-40-42-37(30)39(43)50)28-20-33(51-2)32(34(21-28)52-3)24-44-14-16-46(17-15-44)36(48)19-26-10-12-45(13-11-26)29-7-4-25(5-8-29)18-27-6-9-35(47)41-38(27)49/h4-5,7-8,20-23,26-27H,6,9-19,24H2,1-3H3,(H,40,42)(H,41,47,49). The van der Waals surface area contributed by atoms with Gasteiger partial charge in [0.1, 0.15) is 17.0 Å². The summed E-state index contributed by atoms with van der Waals surface area (Å²) in [5.74, 6) is 1.51. The number of carbonyl (C=O) groups is 3. The number of nitrogens with zero attached hydrogens (tertiary/aromatic N) is 5. The van der Waals surface area contributed by atoms with Crippen molar-refractivity contribution in [3.05, 3.63) is 70.3 Å². The molecule has 3 aliphatic rings. The van der Waals surface area contributed by atoms with Gasteiger partial charge in [-0.05, 0) is 67.0 Å². The van der Waals surface area contributed by atoms with Gasteiger partial charge < -0.3 is 23.8 Å². The summed E-state index contributed by atoms with van der Waals surface area (Å²) >= 11 is 0. The number of piperidine rings is 2. The fourth-order valence-corrected chi connectivity index (χ4v) is 7.89. The van der Waals surface area contributed by atoms with Crippen LogP contribution in [0.15, 0.2) is 53.6 Å². The number of fused-ring (bicyclic) bond motifs is 1. The van der Waals surface area contributed by atoms with Gasteiger partial charge in [-0.15, -0.1) is 0 Å². The van der Waals surface area contributed by atoms with Crippen LogP contribution in [-0.2, 0) is 34.4 Å². The van der Waals surface area contributed by atoms with E-state index in [4.69, 9.17) is 9.47 Å². The highest BCUT2D eigenvalue weighted by atomic mass is 16.5. The van der Waals surface area contributed by atoms with Gasteiger partial charge in [0.2, 0.25) is 17.7 Å². The van der Waals surface area contributed by atoms with E-state index in [0.29, 0.717) is 68.3 Å². The Morgan fingerprint density at radius 1 is 0.923 bits per heavy atom. The molecule has 13 heteroatoms. The summed E-state index contributed by atoms with van der Waals surface area (Å²) in [5.41, 5.74) is 5.23. The van der Waals surface area contributed by atoms with Crippen molar-refractivity contribution in [1.82, 2.24) is 29.9 Å². The molecule has 3 saturated heterocycles. The molecule has 274 valence electrons. The van der Waals surface area contributed by atoms with Crippen molar-refractivity contribution in [2.75, 3.05) is 58.4 Å². The highest BCUT2D eigenvalue weighted by molar-refractivity contribution is 5.98. The van der Waals surface area contributed by atoms with Gasteiger partial charge in [-0.25, -0.2) is 0 Å². The van der Waals surface area contributed by atoms with Crippen molar-refractivity contribution in [3.8, 4) is 22.6 Å². The van der Waals surface area contributed by atoms with E-state index in [2.05, 4.69) is 49.6 Å². The second-order valence-electron chi connectivity index (χ2n) is 14.3. The highest BCUT2D eigenvalue weighted by Gasteiger charge is 2.29. The molecule has 52 heavy (non-hydrogen) atoms. The Hall–Kier alpha value is -5.17. The molecule has 0 spiro atoms. The van der Waals surface area contributed by atoms with Gasteiger partial charge in [0, 0.05) is 94.5 Å². The van der Waals surface area contributed by atoms with Crippen molar-refractivity contribution >= 4 is 34.3 Å². The number of H-pyrrole nitrogens is 1. The van der Waals surface area contributed by atoms with Crippen LogP contribution in [-0.4, -0.2) is 95.8 Å². The summed E-state index contributed by atoms with van der Waals surface area (Å²) in [5, 5.41) is 10.1. The third kappa shape index (κ3) is 7.41. The van der Waals surface area contributed by atoms with Gasteiger partial charge >= 0.3 is 0 Å². The molecule has 0 bridgehead atoms. The average molecular weight is 710 g/mol. The monoisotopic (exact) mass is 709 g/mol. The lowest BCUT2D eigenvalue weighted by atomic mass is 9.90. The van der Waals surface area contributed by atoms with Gasteiger partial charge in [-0.1, -0.05) is 12.1 Å². The van der Waals surface area contributed by atoms with Crippen LogP contribution in [0.5, 0.6) is 11.5 Å². The minimum Gasteiger partial charge on any atom is -0.496 e. The van der Waals surface area contributed by atoms with Crippen LogP contribution in [0.2, 0.25) is 0 Å². The van der Waals surface area contributed by atoms with Crippen LogP contribution in [0.25, 0.3) is 22.0 Å². The highest BCUT2D eigenvalue weighted by Crippen LogP contribution is 2.38. The number of aromatic nitrogens is 3. The second kappa shape index (κ2) is 15.2. The van der Waals surface area contributed by atoms with Crippen LogP contribution in [0, 0.1) is 11.8 Å². The molecule has 2 N–H and O–H groups in total. The largest absolute Gasteiger partial charge is 0.496 e. The zero-order valence-corrected chi connectivity index (χ0v) is 30.2. The Morgan fingerprint density at radius 3 is 2.27 bits per heavy atom. The molecule has 7 rings (SSSR count). The lowest BCUT2D eigenvalue weighted by molar-refractivity contribution is -0.136. The number of benzene rings is 2. The molecule has 1 unspecified atom stereocenters. The van der Waals surface area contributed by atoms with Crippen LogP contribution < -0.4 is 25.2 Å². The van der Waals surface area contributed by atoms with E-state index in [0.717, 1.165) is 72.3 Å². The molecule has 3 amide bonds. The molecule has 3 aliphatic heterocycles. The van der Waals surface area contributed by atoms with Crippen molar-refractivity contribution in [3.63, 3.8) is 0 Å².